The van der Waals surface area contributed by atoms with Crippen LogP contribution in [0.5, 0.6) is 0 Å². The summed E-state index contributed by atoms with van der Waals surface area (Å²) in [6.45, 7) is 5.57. The van der Waals surface area contributed by atoms with Gasteiger partial charge in [0.15, 0.2) is 11.6 Å². The van der Waals surface area contributed by atoms with E-state index in [4.69, 9.17) is 10.5 Å². The van der Waals surface area contributed by atoms with E-state index >= 15 is 0 Å². The van der Waals surface area contributed by atoms with Crippen molar-refractivity contribution in [3.63, 3.8) is 0 Å². The first-order valence-corrected chi connectivity index (χ1v) is 7.28. The molecule has 0 radical (unpaired) electrons. The quantitative estimate of drug-likeness (QED) is 0.682. The minimum Gasteiger partial charge on any atom is -0.393 e. The van der Waals surface area contributed by atoms with Crippen molar-refractivity contribution in [2.45, 2.75) is 20.3 Å². The zero-order chi connectivity index (χ0) is 15.9. The molecule has 0 unspecified atom stereocenters. The third-order valence-electron chi connectivity index (χ3n) is 3.19. The Balaban J connectivity index is 2.11. The van der Waals surface area contributed by atoms with Crippen LogP contribution in [0.4, 0.5) is 23.0 Å². The molecule has 6 heteroatoms. The summed E-state index contributed by atoms with van der Waals surface area (Å²) in [7, 11) is 1.69. The molecule has 1 aromatic carbocycles. The van der Waals surface area contributed by atoms with Crippen LogP contribution >= 0.6 is 0 Å². The van der Waals surface area contributed by atoms with Gasteiger partial charge in [0.2, 0.25) is 0 Å². The Kier molecular flexibility index (Phi) is 5.55. The Bertz CT molecular complexity index is 610. The molecule has 0 saturated carbocycles. The Hall–Kier alpha value is -2.34. The Morgan fingerprint density at radius 3 is 2.45 bits per heavy atom. The van der Waals surface area contributed by atoms with Crippen molar-refractivity contribution >= 4 is 23.0 Å². The molecule has 0 atom stereocenters. The van der Waals surface area contributed by atoms with Crippen molar-refractivity contribution in [2.75, 3.05) is 36.6 Å². The zero-order valence-electron chi connectivity index (χ0n) is 13.3. The van der Waals surface area contributed by atoms with Gasteiger partial charge in [-0.15, -0.1) is 0 Å². The molecule has 2 rings (SSSR count). The Labute approximate surface area is 131 Å². The molecule has 0 aliphatic carbocycles. The molecule has 0 spiro atoms. The summed E-state index contributed by atoms with van der Waals surface area (Å²) in [5.74, 6) is 1.24. The predicted molar refractivity (Wildman–Crippen MR) is 90.6 cm³/mol. The highest BCUT2D eigenvalue weighted by Crippen LogP contribution is 2.26. The molecule has 1 aromatic heterocycles. The molecule has 0 aliphatic heterocycles. The summed E-state index contributed by atoms with van der Waals surface area (Å²) >= 11 is 0. The van der Waals surface area contributed by atoms with Crippen LogP contribution in [-0.2, 0) is 4.74 Å². The molecule has 22 heavy (non-hydrogen) atoms. The standard InChI is InChI=1S/C16H23N5O/c1-11-7-12(2)9-13(8-11)21-16-14(17)15(19-10-20-16)18-5-4-6-22-3/h7-10H,4-6,17H2,1-3H3,(H2,18,19,20,21). The third kappa shape index (κ3) is 4.33. The van der Waals surface area contributed by atoms with Crippen LogP contribution in [0.15, 0.2) is 24.5 Å². The molecule has 2 aromatic rings. The monoisotopic (exact) mass is 301 g/mol. The predicted octanol–water partition coefficient (Wildman–Crippen LogP) is 2.87. The lowest BCUT2D eigenvalue weighted by Gasteiger charge is -2.13. The number of nitrogens with two attached hydrogens (primary N) is 1. The van der Waals surface area contributed by atoms with Crippen LogP contribution in [0, 0.1) is 13.8 Å². The summed E-state index contributed by atoms with van der Waals surface area (Å²) in [6.07, 6.45) is 2.39. The second kappa shape index (κ2) is 7.61. The van der Waals surface area contributed by atoms with Gasteiger partial charge in [-0.05, 0) is 43.5 Å². The summed E-state index contributed by atoms with van der Waals surface area (Å²) in [5.41, 5.74) is 10.00. The largest absolute Gasteiger partial charge is 0.393 e. The van der Waals surface area contributed by atoms with Crippen molar-refractivity contribution in [1.82, 2.24) is 9.97 Å². The van der Waals surface area contributed by atoms with E-state index in [2.05, 4.69) is 52.6 Å². The maximum atomic E-state index is 6.14. The van der Waals surface area contributed by atoms with Crippen molar-refractivity contribution < 1.29 is 4.74 Å². The first-order valence-electron chi connectivity index (χ1n) is 7.28. The van der Waals surface area contributed by atoms with Crippen LogP contribution in [0.2, 0.25) is 0 Å². The maximum absolute atomic E-state index is 6.14. The van der Waals surface area contributed by atoms with E-state index in [1.807, 2.05) is 0 Å². The second-order valence-corrected chi connectivity index (χ2v) is 5.26. The Morgan fingerprint density at radius 2 is 1.77 bits per heavy atom. The lowest BCUT2D eigenvalue weighted by Crippen LogP contribution is -2.10. The Morgan fingerprint density at radius 1 is 1.09 bits per heavy atom. The van der Waals surface area contributed by atoms with Crippen LogP contribution in [0.1, 0.15) is 17.5 Å². The molecule has 0 bridgehead atoms. The van der Waals surface area contributed by atoms with Gasteiger partial charge in [-0.3, -0.25) is 0 Å². The van der Waals surface area contributed by atoms with Gasteiger partial charge in [-0.2, -0.15) is 0 Å². The number of aromatic nitrogens is 2. The number of methoxy groups -OCH3 is 1. The SMILES string of the molecule is COCCCNc1ncnc(Nc2cc(C)cc(C)c2)c1N. The van der Waals surface area contributed by atoms with Crippen LogP contribution < -0.4 is 16.4 Å². The molecular formula is C16H23N5O. The summed E-state index contributed by atoms with van der Waals surface area (Å²) in [6, 6.07) is 6.23. The van der Waals surface area contributed by atoms with E-state index in [1.54, 1.807) is 7.11 Å². The van der Waals surface area contributed by atoms with Gasteiger partial charge in [0, 0.05) is 25.9 Å². The van der Waals surface area contributed by atoms with Gasteiger partial charge in [0.05, 0.1) is 0 Å². The van der Waals surface area contributed by atoms with E-state index < -0.39 is 0 Å². The number of nitrogens with one attached hydrogen (secondary N) is 2. The highest BCUT2D eigenvalue weighted by molar-refractivity contribution is 5.77. The number of hydrogen-bond donors (Lipinski definition) is 3. The minimum atomic E-state index is 0.513. The fraction of sp³-hybridized carbons (Fsp3) is 0.375. The highest BCUT2D eigenvalue weighted by Gasteiger charge is 2.08. The van der Waals surface area contributed by atoms with E-state index in [9.17, 15) is 0 Å². The number of aryl methyl sites for hydroxylation is 2. The molecule has 0 saturated heterocycles. The molecule has 4 N–H and O–H groups in total. The smallest absolute Gasteiger partial charge is 0.159 e. The van der Waals surface area contributed by atoms with Crippen molar-refractivity contribution in [2.24, 2.45) is 0 Å². The number of hydrogen-bond acceptors (Lipinski definition) is 6. The van der Waals surface area contributed by atoms with Gasteiger partial charge >= 0.3 is 0 Å². The summed E-state index contributed by atoms with van der Waals surface area (Å²) in [4.78, 5) is 8.41. The number of anilines is 4. The van der Waals surface area contributed by atoms with Crippen LogP contribution in [0.3, 0.4) is 0 Å². The van der Waals surface area contributed by atoms with Crippen LogP contribution in [-0.4, -0.2) is 30.2 Å². The van der Waals surface area contributed by atoms with E-state index in [0.29, 0.717) is 23.9 Å². The lowest BCUT2D eigenvalue weighted by atomic mass is 10.1. The molecule has 0 amide bonds. The average molecular weight is 301 g/mol. The third-order valence-corrected chi connectivity index (χ3v) is 3.19. The lowest BCUT2D eigenvalue weighted by molar-refractivity contribution is 0.198. The van der Waals surface area contributed by atoms with E-state index in [1.165, 1.54) is 17.5 Å². The number of rotatable bonds is 7. The second-order valence-electron chi connectivity index (χ2n) is 5.26. The summed E-state index contributed by atoms with van der Waals surface area (Å²) < 4.78 is 5.02. The van der Waals surface area contributed by atoms with Crippen molar-refractivity contribution in [3.05, 3.63) is 35.7 Å². The fourth-order valence-electron chi connectivity index (χ4n) is 2.24. The number of ether oxygens (including phenoxy) is 1. The van der Waals surface area contributed by atoms with Gasteiger partial charge in [0.1, 0.15) is 12.0 Å². The fourth-order valence-corrected chi connectivity index (χ4v) is 2.24. The molecule has 1 heterocycles. The zero-order valence-corrected chi connectivity index (χ0v) is 13.3. The topological polar surface area (TPSA) is 85.1 Å². The number of nitrogen functional groups attached to an aromatic ring is 1. The van der Waals surface area contributed by atoms with Gasteiger partial charge in [0.25, 0.3) is 0 Å². The van der Waals surface area contributed by atoms with Crippen molar-refractivity contribution in [3.8, 4) is 0 Å². The molecule has 118 valence electrons. The molecule has 6 nitrogen and oxygen atoms in total. The van der Waals surface area contributed by atoms with E-state index in [0.717, 1.165) is 18.7 Å². The molecule has 0 aliphatic rings. The number of nitrogens with zero attached hydrogens (tertiary/aromatic N) is 2. The van der Waals surface area contributed by atoms with Gasteiger partial charge in [-0.1, -0.05) is 6.07 Å². The maximum Gasteiger partial charge on any atom is 0.159 e. The van der Waals surface area contributed by atoms with E-state index in [-0.39, 0.29) is 0 Å². The average Bonchev–Trinajstić information content (AvgIpc) is 2.46. The first-order chi connectivity index (χ1) is 10.6. The van der Waals surface area contributed by atoms with Gasteiger partial charge in [-0.25, -0.2) is 9.97 Å². The highest BCUT2D eigenvalue weighted by atomic mass is 16.5. The molecular weight excluding hydrogens is 278 g/mol. The number of benzene rings is 1. The van der Waals surface area contributed by atoms with Crippen LogP contribution in [0.25, 0.3) is 0 Å². The summed E-state index contributed by atoms with van der Waals surface area (Å²) in [5, 5.41) is 6.46. The van der Waals surface area contributed by atoms with Gasteiger partial charge < -0.3 is 21.1 Å². The first kappa shape index (κ1) is 16.0. The minimum absolute atomic E-state index is 0.513. The normalized spacial score (nSPS) is 10.5. The molecule has 0 fully saturated rings. The van der Waals surface area contributed by atoms with Crippen molar-refractivity contribution in [1.29, 1.82) is 0 Å².